The summed E-state index contributed by atoms with van der Waals surface area (Å²) in [6.07, 6.45) is -1.34. The van der Waals surface area contributed by atoms with Crippen LogP contribution in [0.2, 0.25) is 0 Å². The van der Waals surface area contributed by atoms with E-state index in [9.17, 15) is 29.4 Å². The number of nitrogens with one attached hydrogen (secondary N) is 1. The number of aliphatic hydroxyl groups is 1. The number of carboxylic acid groups (broad SMARTS) is 1. The highest BCUT2D eigenvalue weighted by Crippen LogP contribution is 2.49. The molecule has 3 atom stereocenters. The predicted octanol–water partition coefficient (Wildman–Crippen LogP) is 2.84. The number of urea groups is 1. The Labute approximate surface area is 261 Å². The summed E-state index contributed by atoms with van der Waals surface area (Å²) in [5.74, 6) is -3.15. The Hall–Kier alpha value is -4.98. The SMILES string of the molecule is C[C@@H](O)[C@H]1C(=O)N(C(C(=O)O)=P(c2ccccc2)(c2ccccc2)c2ccccc2)[C@@H]1CC(=O)c1cccc(CNC(N)=O)c1. The number of hydrogen-bond acceptors (Lipinski definition) is 5. The maximum absolute atomic E-state index is 14.0. The molecule has 0 unspecified atom stereocenters. The summed E-state index contributed by atoms with van der Waals surface area (Å²) < 4.78 is 0. The van der Waals surface area contributed by atoms with E-state index in [1.807, 2.05) is 91.0 Å². The number of benzene rings is 4. The van der Waals surface area contributed by atoms with Gasteiger partial charge in [-0.15, -0.1) is 0 Å². The number of nitrogens with two attached hydrogens (primary N) is 1. The van der Waals surface area contributed by atoms with Crippen molar-refractivity contribution in [1.82, 2.24) is 10.2 Å². The molecule has 1 fully saturated rings. The number of carbonyl (C=O) groups is 4. The van der Waals surface area contributed by atoms with Crippen LogP contribution in [0, 0.1) is 5.92 Å². The van der Waals surface area contributed by atoms with Crippen LogP contribution in [0.25, 0.3) is 0 Å². The van der Waals surface area contributed by atoms with E-state index in [1.165, 1.54) is 11.8 Å². The summed E-state index contributed by atoms with van der Waals surface area (Å²) in [6, 6.07) is 32.9. The number of aliphatic hydroxyl groups excluding tert-OH is 1. The number of aliphatic carboxylic acids is 1. The molecular weight excluding hydrogens is 589 g/mol. The van der Waals surface area contributed by atoms with Gasteiger partial charge >= 0.3 is 12.0 Å². The van der Waals surface area contributed by atoms with Crippen molar-refractivity contribution in [3.05, 3.63) is 126 Å². The molecule has 10 heteroatoms. The predicted molar refractivity (Wildman–Crippen MR) is 175 cm³/mol. The molecule has 4 aromatic carbocycles. The molecule has 1 heterocycles. The normalized spacial score (nSPS) is 16.8. The third kappa shape index (κ3) is 6.05. The average Bonchev–Trinajstić information content (AvgIpc) is 3.04. The Morgan fingerprint density at radius 1 is 0.844 bits per heavy atom. The number of hydrogen-bond donors (Lipinski definition) is 4. The molecule has 0 saturated carbocycles. The highest BCUT2D eigenvalue weighted by molar-refractivity contribution is 7.96. The van der Waals surface area contributed by atoms with E-state index in [-0.39, 0.29) is 24.2 Å². The van der Waals surface area contributed by atoms with Gasteiger partial charge in [-0.25, -0.2) is 9.59 Å². The van der Waals surface area contributed by atoms with Gasteiger partial charge in [0.2, 0.25) is 5.91 Å². The minimum absolute atomic E-state index is 0.120. The van der Waals surface area contributed by atoms with Crippen LogP contribution in [-0.4, -0.2) is 56.4 Å². The number of primary amides is 1. The molecule has 0 radical (unpaired) electrons. The lowest BCUT2D eigenvalue weighted by Crippen LogP contribution is -2.68. The maximum atomic E-state index is 14.0. The van der Waals surface area contributed by atoms with Crippen LogP contribution in [0.4, 0.5) is 4.79 Å². The number of carbonyl (C=O) groups excluding carboxylic acids is 3. The van der Waals surface area contributed by atoms with E-state index in [0.717, 1.165) is 15.9 Å². The molecule has 1 aliphatic rings. The first-order chi connectivity index (χ1) is 21.7. The Morgan fingerprint density at radius 2 is 1.36 bits per heavy atom. The third-order valence-electron chi connectivity index (χ3n) is 8.07. The molecular formula is C35H34N3O6P. The van der Waals surface area contributed by atoms with Crippen molar-refractivity contribution < 1.29 is 29.4 Å². The van der Waals surface area contributed by atoms with Crippen LogP contribution in [0.5, 0.6) is 0 Å². The highest BCUT2D eigenvalue weighted by atomic mass is 31.2. The fourth-order valence-corrected chi connectivity index (χ4v) is 10.4. The van der Waals surface area contributed by atoms with Crippen molar-refractivity contribution in [3.8, 4) is 0 Å². The third-order valence-corrected chi connectivity index (χ3v) is 12.3. The summed E-state index contributed by atoms with van der Waals surface area (Å²) >= 11 is 0. The second-order valence-electron chi connectivity index (χ2n) is 10.9. The van der Waals surface area contributed by atoms with E-state index in [2.05, 4.69) is 5.32 Å². The van der Waals surface area contributed by atoms with E-state index in [4.69, 9.17) is 5.73 Å². The van der Waals surface area contributed by atoms with E-state index >= 15 is 0 Å². The molecule has 1 saturated heterocycles. The zero-order chi connectivity index (χ0) is 32.1. The Morgan fingerprint density at radius 3 is 1.80 bits per heavy atom. The Bertz CT molecular complexity index is 1670. The average molecular weight is 624 g/mol. The molecule has 0 spiro atoms. The van der Waals surface area contributed by atoms with Crippen molar-refractivity contribution in [2.45, 2.75) is 32.0 Å². The molecule has 5 rings (SSSR count). The van der Waals surface area contributed by atoms with Gasteiger partial charge < -0.3 is 26.2 Å². The second-order valence-corrected chi connectivity index (χ2v) is 14.2. The summed E-state index contributed by atoms with van der Waals surface area (Å²) in [5, 5.41) is 26.5. The zero-order valence-electron chi connectivity index (χ0n) is 24.6. The Kier molecular flexibility index (Phi) is 9.32. The van der Waals surface area contributed by atoms with Gasteiger partial charge in [-0.1, -0.05) is 109 Å². The number of likely N-dealkylation sites (tertiary alicyclic amines) is 1. The first-order valence-electron chi connectivity index (χ1n) is 14.5. The van der Waals surface area contributed by atoms with Crippen molar-refractivity contribution in [1.29, 1.82) is 0 Å². The minimum Gasteiger partial charge on any atom is -0.477 e. The lowest BCUT2D eigenvalue weighted by Gasteiger charge is -2.50. The van der Waals surface area contributed by atoms with Crippen molar-refractivity contribution in [2.75, 3.05) is 0 Å². The standard InChI is InChI=1S/C35H34N3O6P/c1-23(39)31-29(21-30(40)25-13-11-12-24(20-25)22-37-35(36)44)38(32(31)41)33(34(42)43)45(26-14-5-2-6-15-26,27-16-7-3-8-17-27)28-18-9-4-10-19-28/h2-20,23,29,31,39H,21-22H2,1H3,(H,42,43)(H3,36,37,44)/t23-,29-,31-/m1/s1. The summed E-state index contributed by atoms with van der Waals surface area (Å²) in [5.41, 5.74) is 6.04. The van der Waals surface area contributed by atoms with Crippen LogP contribution in [0.3, 0.4) is 0 Å². The first kappa shape index (κ1) is 31.4. The van der Waals surface area contributed by atoms with Crippen molar-refractivity contribution in [2.24, 2.45) is 11.7 Å². The van der Waals surface area contributed by atoms with Gasteiger partial charge in [0, 0.05) is 25.4 Å². The number of amides is 3. The van der Waals surface area contributed by atoms with Crippen molar-refractivity contribution >= 4 is 51.9 Å². The number of Topliss-reactive ketones (excluding diaryl/α,β-unsaturated/α-hetero) is 1. The lowest BCUT2D eigenvalue weighted by atomic mass is 9.79. The van der Waals surface area contributed by atoms with Crippen LogP contribution in [-0.2, 0) is 16.1 Å². The zero-order valence-corrected chi connectivity index (χ0v) is 25.5. The van der Waals surface area contributed by atoms with Crippen molar-refractivity contribution in [3.63, 3.8) is 0 Å². The topological polar surface area (TPSA) is 150 Å². The number of β-lactam (4-membered cyclic amide) rings is 1. The largest absolute Gasteiger partial charge is 0.477 e. The van der Waals surface area contributed by atoms with Gasteiger partial charge in [0.05, 0.1) is 18.1 Å². The lowest BCUT2D eigenvalue weighted by molar-refractivity contribution is -0.156. The van der Waals surface area contributed by atoms with Crippen LogP contribution in [0.1, 0.15) is 29.3 Å². The van der Waals surface area contributed by atoms with Crippen LogP contribution < -0.4 is 27.0 Å². The molecule has 4 aromatic rings. The first-order valence-corrected chi connectivity index (χ1v) is 16.3. The Balaban J connectivity index is 1.73. The van der Waals surface area contributed by atoms with E-state index < -0.39 is 42.9 Å². The molecule has 0 aromatic heterocycles. The minimum atomic E-state index is -3.24. The molecule has 0 aliphatic carbocycles. The smallest absolute Gasteiger partial charge is 0.353 e. The summed E-state index contributed by atoms with van der Waals surface area (Å²) in [7, 11) is 0. The quantitative estimate of drug-likeness (QED) is 0.115. The monoisotopic (exact) mass is 623 g/mol. The van der Waals surface area contributed by atoms with Gasteiger partial charge in [0.15, 0.2) is 5.78 Å². The molecule has 0 bridgehead atoms. The van der Waals surface area contributed by atoms with Crippen LogP contribution in [0.15, 0.2) is 115 Å². The van der Waals surface area contributed by atoms with Gasteiger partial charge in [0.1, 0.15) is 5.42 Å². The fourth-order valence-electron chi connectivity index (χ4n) is 6.10. The molecule has 45 heavy (non-hydrogen) atoms. The molecule has 9 nitrogen and oxygen atoms in total. The molecule has 230 valence electrons. The van der Waals surface area contributed by atoms with E-state index in [1.54, 1.807) is 24.3 Å². The van der Waals surface area contributed by atoms with Gasteiger partial charge in [-0.3, -0.25) is 9.59 Å². The van der Waals surface area contributed by atoms with Gasteiger partial charge in [0.25, 0.3) is 0 Å². The van der Waals surface area contributed by atoms with E-state index in [0.29, 0.717) is 11.1 Å². The summed E-state index contributed by atoms with van der Waals surface area (Å²) in [6.45, 7) is -1.64. The number of rotatable bonds is 11. The van der Waals surface area contributed by atoms with Gasteiger partial charge in [-0.05, 0) is 34.5 Å². The summed E-state index contributed by atoms with van der Waals surface area (Å²) in [4.78, 5) is 53.7. The fraction of sp³-hybridized carbons (Fsp3) is 0.171. The maximum Gasteiger partial charge on any atom is 0.353 e. The number of ketones is 1. The van der Waals surface area contributed by atoms with Crippen LogP contribution >= 0.6 is 6.89 Å². The molecule has 5 N–H and O–H groups in total. The number of carboxylic acids is 1. The molecule has 1 aliphatic heterocycles. The second kappa shape index (κ2) is 13.3. The molecule has 3 amide bonds. The van der Waals surface area contributed by atoms with Gasteiger partial charge in [-0.2, -0.15) is 0 Å². The number of nitrogens with zero attached hydrogens (tertiary/aromatic N) is 1. The highest BCUT2D eigenvalue weighted by Gasteiger charge is 2.55.